The van der Waals surface area contributed by atoms with Gasteiger partial charge in [0, 0.05) is 25.2 Å². The Morgan fingerprint density at radius 1 is 1.43 bits per heavy atom. The van der Waals surface area contributed by atoms with Crippen molar-refractivity contribution < 1.29 is 23.1 Å². The fourth-order valence-electron chi connectivity index (χ4n) is 2.56. The van der Waals surface area contributed by atoms with Crippen LogP contribution < -0.4 is 10.9 Å². The third-order valence-electron chi connectivity index (χ3n) is 3.52. The maximum absolute atomic E-state index is 11.5. The number of nitrogens with two attached hydrogens (primary N) is 2. The van der Waals surface area contributed by atoms with Gasteiger partial charge in [-0.05, 0) is 18.1 Å². The lowest BCUT2D eigenvalue weighted by atomic mass is 9.98. The van der Waals surface area contributed by atoms with Crippen LogP contribution in [0.5, 0.6) is 0 Å². The normalized spacial score (nSPS) is 19.0. The first-order chi connectivity index (χ1) is 9.75. The van der Waals surface area contributed by atoms with Crippen LogP contribution in [0.25, 0.3) is 0 Å². The van der Waals surface area contributed by atoms with Crippen molar-refractivity contribution in [2.75, 3.05) is 19.6 Å². The SMILES string of the molecule is NCC(=O)N1CCC(c2ccn(S(N)(=O)=O)c2C(=O)O)C1. The first-order valence-electron chi connectivity index (χ1n) is 6.21. The number of nitrogens with zero attached hydrogens (tertiary/aromatic N) is 2. The van der Waals surface area contributed by atoms with Crippen molar-refractivity contribution in [3.8, 4) is 0 Å². The molecule has 1 aromatic rings. The maximum atomic E-state index is 11.5. The highest BCUT2D eigenvalue weighted by Gasteiger charge is 2.32. The Morgan fingerprint density at radius 3 is 2.62 bits per heavy atom. The molecule has 0 bridgehead atoms. The van der Waals surface area contributed by atoms with E-state index < -0.39 is 16.2 Å². The number of amides is 1. The number of carboxylic acid groups (broad SMARTS) is 1. The van der Waals surface area contributed by atoms with Crippen LogP contribution in [0.1, 0.15) is 28.4 Å². The van der Waals surface area contributed by atoms with Crippen molar-refractivity contribution in [2.24, 2.45) is 10.9 Å². The van der Waals surface area contributed by atoms with Crippen LogP contribution in [-0.4, -0.2) is 53.9 Å². The molecule has 0 saturated carbocycles. The zero-order valence-corrected chi connectivity index (χ0v) is 11.9. The molecule has 1 atom stereocenters. The van der Waals surface area contributed by atoms with E-state index in [2.05, 4.69) is 0 Å². The molecule has 1 unspecified atom stereocenters. The molecule has 0 aromatic carbocycles. The highest BCUT2D eigenvalue weighted by Crippen LogP contribution is 2.30. The molecule has 2 heterocycles. The molecule has 10 heteroatoms. The Labute approximate surface area is 121 Å². The first-order valence-corrected chi connectivity index (χ1v) is 7.71. The van der Waals surface area contributed by atoms with E-state index in [0.29, 0.717) is 29.0 Å². The van der Waals surface area contributed by atoms with Gasteiger partial charge in [-0.25, -0.2) is 13.9 Å². The van der Waals surface area contributed by atoms with Crippen LogP contribution in [0.2, 0.25) is 0 Å². The Balaban J connectivity index is 2.36. The van der Waals surface area contributed by atoms with Crippen molar-refractivity contribution in [1.29, 1.82) is 0 Å². The maximum Gasteiger partial charge on any atom is 0.353 e. The number of hydrogen-bond donors (Lipinski definition) is 3. The molecule has 5 N–H and O–H groups in total. The second kappa shape index (κ2) is 5.47. The summed E-state index contributed by atoms with van der Waals surface area (Å²) in [7, 11) is -4.19. The van der Waals surface area contributed by atoms with Gasteiger partial charge >= 0.3 is 16.2 Å². The Hall–Kier alpha value is -1.91. The predicted octanol–water partition coefficient (Wildman–Crippen LogP) is -1.49. The molecule has 1 fully saturated rings. The smallest absolute Gasteiger partial charge is 0.353 e. The van der Waals surface area contributed by atoms with Crippen LogP contribution in [-0.2, 0) is 15.0 Å². The summed E-state index contributed by atoms with van der Waals surface area (Å²) in [5.41, 5.74) is 5.26. The monoisotopic (exact) mass is 316 g/mol. The third-order valence-corrected chi connectivity index (χ3v) is 4.37. The summed E-state index contributed by atoms with van der Waals surface area (Å²) in [4.78, 5) is 24.4. The summed E-state index contributed by atoms with van der Waals surface area (Å²) in [6.45, 7) is 0.655. The molecule has 9 nitrogen and oxygen atoms in total. The predicted molar refractivity (Wildman–Crippen MR) is 72.9 cm³/mol. The largest absolute Gasteiger partial charge is 0.477 e. The average molecular weight is 316 g/mol. The minimum atomic E-state index is -4.19. The molecular weight excluding hydrogens is 300 g/mol. The van der Waals surface area contributed by atoms with Crippen LogP contribution in [0, 0.1) is 0 Å². The van der Waals surface area contributed by atoms with Crippen LogP contribution >= 0.6 is 0 Å². The van der Waals surface area contributed by atoms with E-state index in [1.165, 1.54) is 11.0 Å². The average Bonchev–Trinajstić information content (AvgIpc) is 3.02. The summed E-state index contributed by atoms with van der Waals surface area (Å²) < 4.78 is 23.3. The summed E-state index contributed by atoms with van der Waals surface area (Å²) in [6, 6.07) is 1.41. The molecule has 1 aliphatic heterocycles. The fraction of sp³-hybridized carbons (Fsp3) is 0.455. The van der Waals surface area contributed by atoms with Crippen molar-refractivity contribution in [3.05, 3.63) is 23.5 Å². The third kappa shape index (κ3) is 2.91. The number of carbonyl (C=O) groups is 2. The van der Waals surface area contributed by atoms with E-state index in [4.69, 9.17) is 10.9 Å². The van der Waals surface area contributed by atoms with Gasteiger partial charge in [0.15, 0.2) is 0 Å². The Bertz CT molecular complexity index is 681. The van der Waals surface area contributed by atoms with E-state index in [1.54, 1.807) is 0 Å². The van der Waals surface area contributed by atoms with Crippen LogP contribution in [0.4, 0.5) is 0 Å². The minimum Gasteiger partial charge on any atom is -0.477 e. The molecule has 2 rings (SSSR count). The lowest BCUT2D eigenvalue weighted by molar-refractivity contribution is -0.128. The second-order valence-corrected chi connectivity index (χ2v) is 6.22. The Morgan fingerprint density at radius 2 is 2.10 bits per heavy atom. The molecule has 0 spiro atoms. The van der Waals surface area contributed by atoms with Gasteiger partial charge in [-0.3, -0.25) is 4.79 Å². The lowest BCUT2D eigenvalue weighted by Crippen LogP contribution is -2.34. The molecule has 0 aliphatic carbocycles. The molecular formula is C11H16N4O5S. The molecule has 1 aliphatic rings. The molecule has 116 valence electrons. The van der Waals surface area contributed by atoms with E-state index in [-0.39, 0.29) is 24.1 Å². The van der Waals surface area contributed by atoms with Crippen LogP contribution in [0.15, 0.2) is 12.3 Å². The number of rotatable bonds is 4. The van der Waals surface area contributed by atoms with Crippen LogP contribution in [0.3, 0.4) is 0 Å². The zero-order valence-electron chi connectivity index (χ0n) is 11.1. The summed E-state index contributed by atoms with van der Waals surface area (Å²) in [5, 5.41) is 14.2. The molecule has 0 radical (unpaired) electrons. The van der Waals surface area contributed by atoms with Gasteiger partial charge in [0.2, 0.25) is 5.91 Å². The quantitative estimate of drug-likeness (QED) is 0.616. The van der Waals surface area contributed by atoms with Gasteiger partial charge in [-0.2, -0.15) is 8.42 Å². The topological polar surface area (TPSA) is 149 Å². The minimum absolute atomic E-state index is 0.114. The second-order valence-electron chi connectivity index (χ2n) is 4.80. The van der Waals surface area contributed by atoms with Gasteiger partial charge in [0.05, 0.1) is 6.54 Å². The lowest BCUT2D eigenvalue weighted by Gasteiger charge is -2.15. The molecule has 21 heavy (non-hydrogen) atoms. The standard InChI is InChI=1S/C11H16N4O5S/c12-5-9(16)14-3-1-7(6-14)8-2-4-15(21(13,19)20)10(8)11(17)18/h2,4,7H,1,3,5-6,12H2,(H,17,18)(H2,13,19,20). The van der Waals surface area contributed by atoms with Gasteiger partial charge in [-0.1, -0.05) is 0 Å². The number of likely N-dealkylation sites (tertiary alicyclic amines) is 1. The highest BCUT2D eigenvalue weighted by atomic mass is 32.2. The summed E-state index contributed by atoms with van der Waals surface area (Å²) in [6.07, 6.45) is 1.65. The molecule has 1 saturated heterocycles. The first kappa shape index (κ1) is 15.5. The summed E-state index contributed by atoms with van der Waals surface area (Å²) in [5.74, 6) is -1.86. The van der Waals surface area contributed by atoms with Crippen molar-refractivity contribution >= 4 is 22.1 Å². The Kier molecular flexibility index (Phi) is 4.03. The van der Waals surface area contributed by atoms with E-state index in [0.717, 1.165) is 6.20 Å². The summed E-state index contributed by atoms with van der Waals surface area (Å²) >= 11 is 0. The van der Waals surface area contributed by atoms with E-state index in [9.17, 15) is 23.1 Å². The van der Waals surface area contributed by atoms with Crippen molar-refractivity contribution in [1.82, 2.24) is 8.87 Å². The van der Waals surface area contributed by atoms with Crippen molar-refractivity contribution in [3.63, 3.8) is 0 Å². The van der Waals surface area contributed by atoms with Crippen molar-refractivity contribution in [2.45, 2.75) is 12.3 Å². The van der Waals surface area contributed by atoms with Gasteiger partial charge in [-0.15, -0.1) is 0 Å². The number of aromatic carboxylic acids is 1. The fourth-order valence-corrected chi connectivity index (χ4v) is 3.23. The molecule has 1 amide bonds. The van der Waals surface area contributed by atoms with E-state index >= 15 is 0 Å². The number of aromatic nitrogens is 1. The zero-order chi connectivity index (χ0) is 15.8. The number of carboxylic acids is 1. The van der Waals surface area contributed by atoms with Gasteiger partial charge in [0.25, 0.3) is 0 Å². The molecule has 1 aromatic heterocycles. The highest BCUT2D eigenvalue weighted by molar-refractivity contribution is 7.87. The van der Waals surface area contributed by atoms with Gasteiger partial charge < -0.3 is 15.7 Å². The number of carbonyl (C=O) groups excluding carboxylic acids is 1. The van der Waals surface area contributed by atoms with Gasteiger partial charge in [0.1, 0.15) is 5.69 Å². The number of hydrogen-bond acceptors (Lipinski definition) is 5. The van der Waals surface area contributed by atoms with E-state index in [1.807, 2.05) is 0 Å².